The summed E-state index contributed by atoms with van der Waals surface area (Å²) in [7, 11) is 1.62. The maximum absolute atomic E-state index is 11.7. The topological polar surface area (TPSA) is 38.3 Å². The van der Waals surface area contributed by atoms with Crippen LogP contribution in [0, 0.1) is 0 Å². The molecule has 0 aromatic heterocycles. The zero-order valence-corrected chi connectivity index (χ0v) is 12.5. The van der Waals surface area contributed by atoms with Crippen LogP contribution in [0.3, 0.4) is 0 Å². The van der Waals surface area contributed by atoms with Crippen molar-refractivity contribution in [1.82, 2.24) is 5.32 Å². The van der Waals surface area contributed by atoms with E-state index in [1.54, 1.807) is 7.11 Å². The summed E-state index contributed by atoms with van der Waals surface area (Å²) in [6.45, 7) is 2.81. The lowest BCUT2D eigenvalue weighted by molar-refractivity contribution is -0.120. The highest BCUT2D eigenvalue weighted by Gasteiger charge is 2.07. The Morgan fingerprint density at radius 2 is 2.28 bits per heavy atom. The van der Waals surface area contributed by atoms with Crippen molar-refractivity contribution in [2.45, 2.75) is 31.0 Å². The molecule has 1 aromatic carbocycles. The maximum atomic E-state index is 11.7. The first-order valence-corrected chi connectivity index (χ1v) is 7.11. The van der Waals surface area contributed by atoms with Gasteiger partial charge in [0.05, 0.1) is 13.5 Å². The molecule has 0 aliphatic carbocycles. The lowest BCUT2D eigenvalue weighted by Crippen LogP contribution is -2.30. The van der Waals surface area contributed by atoms with Crippen LogP contribution in [0.4, 0.5) is 0 Å². The Balaban J connectivity index is 2.39. The third-order valence-electron chi connectivity index (χ3n) is 2.62. The molecule has 0 aliphatic heterocycles. The zero-order chi connectivity index (χ0) is 13.4. The molecule has 0 radical (unpaired) electrons. The summed E-state index contributed by atoms with van der Waals surface area (Å²) in [6.07, 6.45) is 2.57. The normalized spacial score (nSPS) is 11.9. The number of benzene rings is 1. The second kappa shape index (κ2) is 8.14. The molecule has 1 N–H and O–H groups in total. The van der Waals surface area contributed by atoms with Crippen LogP contribution < -0.4 is 10.1 Å². The van der Waals surface area contributed by atoms with Crippen molar-refractivity contribution in [2.75, 3.05) is 13.7 Å². The number of rotatable bonds is 7. The van der Waals surface area contributed by atoms with Gasteiger partial charge in [0.15, 0.2) is 0 Å². The Bertz CT molecular complexity index is 382. The van der Waals surface area contributed by atoms with E-state index < -0.39 is 0 Å². The minimum Gasteiger partial charge on any atom is -0.497 e. The highest BCUT2D eigenvalue weighted by Crippen LogP contribution is 2.13. The van der Waals surface area contributed by atoms with Gasteiger partial charge in [-0.05, 0) is 24.1 Å². The summed E-state index contributed by atoms with van der Waals surface area (Å²) >= 11 is 3.54. The van der Waals surface area contributed by atoms with E-state index in [4.69, 9.17) is 4.74 Å². The summed E-state index contributed by atoms with van der Waals surface area (Å²) in [5.74, 6) is 0.827. The molecule has 0 aliphatic rings. The van der Waals surface area contributed by atoms with Gasteiger partial charge in [0.2, 0.25) is 5.91 Å². The van der Waals surface area contributed by atoms with Crippen LogP contribution in [0.1, 0.15) is 25.3 Å². The molecule has 0 spiro atoms. The van der Waals surface area contributed by atoms with Gasteiger partial charge in [0.1, 0.15) is 5.75 Å². The summed E-state index contributed by atoms with van der Waals surface area (Å²) in [5.41, 5.74) is 0.966. The number of halogens is 1. The molecule has 1 aromatic rings. The molecular formula is C14H20BrNO2. The minimum absolute atomic E-state index is 0.0452. The lowest BCUT2D eigenvalue weighted by Gasteiger charge is -2.10. The number of hydrogen-bond acceptors (Lipinski definition) is 2. The van der Waals surface area contributed by atoms with E-state index >= 15 is 0 Å². The molecular weight excluding hydrogens is 294 g/mol. The Hall–Kier alpha value is -1.03. The molecule has 0 saturated heterocycles. The summed E-state index contributed by atoms with van der Waals surface area (Å²) < 4.78 is 5.13. The number of nitrogens with one attached hydrogen (secondary N) is 1. The number of carbonyl (C=O) groups excluding carboxylic acids is 1. The predicted octanol–water partition coefficient (Wildman–Crippen LogP) is 2.92. The number of alkyl halides is 1. The smallest absolute Gasteiger partial charge is 0.224 e. The fourth-order valence-corrected chi connectivity index (χ4v) is 2.29. The summed E-state index contributed by atoms with van der Waals surface area (Å²) in [4.78, 5) is 12.1. The van der Waals surface area contributed by atoms with E-state index in [2.05, 4.69) is 28.2 Å². The molecule has 18 heavy (non-hydrogen) atoms. The van der Waals surface area contributed by atoms with E-state index in [-0.39, 0.29) is 5.91 Å². The van der Waals surface area contributed by atoms with Gasteiger partial charge in [-0.25, -0.2) is 0 Å². The third-order valence-corrected chi connectivity index (χ3v) is 3.40. The third kappa shape index (κ3) is 5.54. The van der Waals surface area contributed by atoms with Crippen molar-refractivity contribution in [2.24, 2.45) is 0 Å². The van der Waals surface area contributed by atoms with Crippen LogP contribution in [0.25, 0.3) is 0 Å². The predicted molar refractivity (Wildman–Crippen MR) is 77.3 cm³/mol. The van der Waals surface area contributed by atoms with Crippen LogP contribution in [-0.2, 0) is 11.2 Å². The van der Waals surface area contributed by atoms with Gasteiger partial charge in [-0.1, -0.05) is 41.4 Å². The van der Waals surface area contributed by atoms with Crippen LogP contribution in [0.15, 0.2) is 24.3 Å². The Morgan fingerprint density at radius 3 is 2.94 bits per heavy atom. The SMILES string of the molecule is CCCC(Br)CNC(=O)Cc1cccc(OC)c1. The van der Waals surface area contributed by atoms with Crippen molar-refractivity contribution in [3.63, 3.8) is 0 Å². The minimum atomic E-state index is 0.0452. The average molecular weight is 314 g/mol. The van der Waals surface area contributed by atoms with Crippen LogP contribution >= 0.6 is 15.9 Å². The first-order chi connectivity index (χ1) is 8.65. The summed E-state index contributed by atoms with van der Waals surface area (Å²) in [5, 5.41) is 2.93. The first-order valence-electron chi connectivity index (χ1n) is 6.19. The van der Waals surface area contributed by atoms with Gasteiger partial charge < -0.3 is 10.1 Å². The quantitative estimate of drug-likeness (QED) is 0.786. The van der Waals surface area contributed by atoms with Crippen molar-refractivity contribution in [3.05, 3.63) is 29.8 Å². The molecule has 1 amide bonds. The van der Waals surface area contributed by atoms with E-state index in [0.717, 1.165) is 24.2 Å². The molecule has 1 rings (SSSR count). The monoisotopic (exact) mass is 313 g/mol. The van der Waals surface area contributed by atoms with Gasteiger partial charge in [-0.15, -0.1) is 0 Å². The van der Waals surface area contributed by atoms with Crippen molar-refractivity contribution < 1.29 is 9.53 Å². The molecule has 3 nitrogen and oxygen atoms in total. The van der Waals surface area contributed by atoms with E-state index in [1.165, 1.54) is 0 Å². The Labute approximate surface area is 117 Å². The molecule has 0 bridgehead atoms. The number of amides is 1. The molecule has 4 heteroatoms. The first kappa shape index (κ1) is 15.0. The van der Waals surface area contributed by atoms with E-state index in [9.17, 15) is 4.79 Å². The lowest BCUT2D eigenvalue weighted by atomic mass is 10.1. The molecule has 1 unspecified atom stereocenters. The highest BCUT2D eigenvalue weighted by molar-refractivity contribution is 9.09. The fourth-order valence-electron chi connectivity index (χ4n) is 1.67. The van der Waals surface area contributed by atoms with Crippen molar-refractivity contribution in [3.8, 4) is 5.75 Å². The average Bonchev–Trinajstić information content (AvgIpc) is 2.37. The van der Waals surface area contributed by atoms with Gasteiger partial charge in [-0.2, -0.15) is 0 Å². The van der Waals surface area contributed by atoms with Gasteiger partial charge >= 0.3 is 0 Å². The molecule has 0 heterocycles. The van der Waals surface area contributed by atoms with Crippen LogP contribution in [0.5, 0.6) is 5.75 Å². The van der Waals surface area contributed by atoms with Crippen LogP contribution in [0.2, 0.25) is 0 Å². The van der Waals surface area contributed by atoms with Gasteiger partial charge in [0.25, 0.3) is 0 Å². The van der Waals surface area contributed by atoms with Crippen molar-refractivity contribution >= 4 is 21.8 Å². The van der Waals surface area contributed by atoms with E-state index in [1.807, 2.05) is 24.3 Å². The Kier molecular flexibility index (Phi) is 6.80. The molecule has 100 valence electrons. The maximum Gasteiger partial charge on any atom is 0.224 e. The molecule has 0 saturated carbocycles. The molecule has 1 atom stereocenters. The largest absolute Gasteiger partial charge is 0.497 e. The zero-order valence-electron chi connectivity index (χ0n) is 10.9. The van der Waals surface area contributed by atoms with E-state index in [0.29, 0.717) is 17.8 Å². The Morgan fingerprint density at radius 1 is 1.50 bits per heavy atom. The van der Waals surface area contributed by atoms with Crippen molar-refractivity contribution in [1.29, 1.82) is 0 Å². The number of carbonyl (C=O) groups is 1. The standard InChI is InChI=1S/C14H20BrNO2/c1-3-5-12(15)10-16-14(17)9-11-6-4-7-13(8-11)18-2/h4,6-8,12H,3,5,9-10H2,1-2H3,(H,16,17). The van der Waals surface area contributed by atoms with Gasteiger partial charge in [-0.3, -0.25) is 4.79 Å². The number of methoxy groups -OCH3 is 1. The molecule has 0 fully saturated rings. The second-order valence-corrected chi connectivity index (χ2v) is 5.51. The number of hydrogen-bond donors (Lipinski definition) is 1. The van der Waals surface area contributed by atoms with Gasteiger partial charge in [0, 0.05) is 11.4 Å². The highest BCUT2D eigenvalue weighted by atomic mass is 79.9. The second-order valence-electron chi connectivity index (χ2n) is 4.22. The number of ether oxygens (including phenoxy) is 1. The van der Waals surface area contributed by atoms with Crippen LogP contribution in [-0.4, -0.2) is 24.4 Å². The summed E-state index contributed by atoms with van der Waals surface area (Å²) in [6, 6.07) is 7.58. The fraction of sp³-hybridized carbons (Fsp3) is 0.500.